The molecule has 41 heavy (non-hydrogen) atoms. The number of hydrogen-bond donors (Lipinski definition) is 2. The van der Waals surface area contributed by atoms with Gasteiger partial charge in [0, 0.05) is 48.7 Å². The molecule has 2 aromatic carbocycles. The second-order valence-electron chi connectivity index (χ2n) is 10.6. The van der Waals surface area contributed by atoms with E-state index in [-0.39, 0.29) is 49.1 Å². The van der Waals surface area contributed by atoms with Crippen LogP contribution >= 0.6 is 11.6 Å². The number of Topliss-reactive ketones (excluding diaryl/α,β-unsaturated/α-hetero) is 1. The van der Waals surface area contributed by atoms with Crippen LogP contribution in [0.4, 0.5) is 4.39 Å². The third-order valence-corrected chi connectivity index (χ3v) is 8.03. The second kappa shape index (κ2) is 12.7. The van der Waals surface area contributed by atoms with E-state index in [2.05, 4.69) is 0 Å². The van der Waals surface area contributed by atoms with Gasteiger partial charge in [0.1, 0.15) is 5.82 Å². The number of ketones is 1. The van der Waals surface area contributed by atoms with Gasteiger partial charge in [0.25, 0.3) is 11.5 Å². The maximum absolute atomic E-state index is 14.5. The van der Waals surface area contributed by atoms with Crippen LogP contribution in [-0.4, -0.2) is 46.8 Å². The van der Waals surface area contributed by atoms with E-state index in [9.17, 15) is 23.9 Å². The molecule has 0 bridgehead atoms. The number of carbonyl (C=O) groups is 2. The van der Waals surface area contributed by atoms with Crippen LogP contribution in [0.3, 0.4) is 0 Å². The number of pyridine rings is 1. The molecule has 1 aromatic heterocycles. The molecule has 8 nitrogen and oxygen atoms in total. The summed E-state index contributed by atoms with van der Waals surface area (Å²) in [5.41, 5.74) is 7.94. The monoisotopic (exact) mass is 582 g/mol. The summed E-state index contributed by atoms with van der Waals surface area (Å²) >= 11 is 6.32. The van der Waals surface area contributed by atoms with Gasteiger partial charge in [-0.1, -0.05) is 23.7 Å². The van der Waals surface area contributed by atoms with Gasteiger partial charge in [0.05, 0.1) is 37.0 Å². The lowest BCUT2D eigenvalue weighted by Gasteiger charge is -2.29. The van der Waals surface area contributed by atoms with E-state index in [0.717, 1.165) is 36.5 Å². The summed E-state index contributed by atoms with van der Waals surface area (Å²) in [5, 5.41) is 10.4. The number of aliphatic hydroxyl groups excluding tert-OH is 1. The smallest absolute Gasteiger partial charge is 0.251 e. The first-order chi connectivity index (χ1) is 19.7. The maximum atomic E-state index is 14.5. The van der Waals surface area contributed by atoms with E-state index in [1.165, 1.54) is 22.8 Å². The molecule has 2 aliphatic rings. The van der Waals surface area contributed by atoms with Crippen LogP contribution in [0.25, 0.3) is 11.1 Å². The lowest BCUT2D eigenvalue weighted by atomic mass is 9.91. The summed E-state index contributed by atoms with van der Waals surface area (Å²) in [4.78, 5) is 38.9. The second-order valence-corrected chi connectivity index (χ2v) is 11.1. The molecule has 1 amide bonds. The van der Waals surface area contributed by atoms with Crippen molar-refractivity contribution in [1.29, 1.82) is 0 Å². The molecule has 2 unspecified atom stereocenters. The molecule has 5 rings (SSSR count). The number of rotatable bonds is 8. The Kier molecular flexibility index (Phi) is 8.99. The minimum atomic E-state index is -0.895. The highest BCUT2D eigenvalue weighted by atomic mass is 35.5. The van der Waals surface area contributed by atoms with Gasteiger partial charge in [-0.05, 0) is 65.8 Å². The van der Waals surface area contributed by atoms with Crippen molar-refractivity contribution in [3.05, 3.63) is 92.1 Å². The zero-order valence-electron chi connectivity index (χ0n) is 22.5. The summed E-state index contributed by atoms with van der Waals surface area (Å²) in [6.07, 6.45) is 4.22. The van der Waals surface area contributed by atoms with Crippen molar-refractivity contribution >= 4 is 23.3 Å². The molecule has 3 N–H and O–H groups in total. The van der Waals surface area contributed by atoms with Gasteiger partial charge in [0.2, 0.25) is 0 Å². The Balaban J connectivity index is 1.54. The number of aromatic nitrogens is 1. The summed E-state index contributed by atoms with van der Waals surface area (Å²) in [6.45, 7) is 0.522. The largest absolute Gasteiger partial charge is 0.394 e. The van der Waals surface area contributed by atoms with E-state index in [4.69, 9.17) is 26.8 Å². The van der Waals surface area contributed by atoms with Gasteiger partial charge in [-0.25, -0.2) is 4.39 Å². The van der Waals surface area contributed by atoms with Crippen LogP contribution < -0.4 is 11.3 Å². The summed E-state index contributed by atoms with van der Waals surface area (Å²) in [7, 11) is 0. The number of benzene rings is 2. The molecule has 0 saturated carbocycles. The first-order valence-corrected chi connectivity index (χ1v) is 14.1. The predicted molar refractivity (Wildman–Crippen MR) is 151 cm³/mol. The van der Waals surface area contributed by atoms with E-state index >= 15 is 0 Å². The highest BCUT2D eigenvalue weighted by molar-refractivity contribution is 6.30. The number of halogens is 2. The Morgan fingerprint density at radius 1 is 1.07 bits per heavy atom. The van der Waals surface area contributed by atoms with Crippen LogP contribution in [0, 0.1) is 5.82 Å². The fraction of sp³-hybridized carbons (Fsp3) is 0.387. The third-order valence-electron chi connectivity index (χ3n) is 7.80. The first kappa shape index (κ1) is 29.1. The van der Waals surface area contributed by atoms with Crippen LogP contribution in [0.2, 0.25) is 5.02 Å². The average Bonchev–Trinajstić information content (AvgIpc) is 2.94. The highest BCUT2D eigenvalue weighted by Crippen LogP contribution is 2.34. The molecular weight excluding hydrogens is 551 g/mol. The zero-order chi connectivity index (χ0) is 29.1. The van der Waals surface area contributed by atoms with Crippen molar-refractivity contribution in [2.75, 3.05) is 13.2 Å². The van der Waals surface area contributed by atoms with Gasteiger partial charge in [0.15, 0.2) is 5.78 Å². The van der Waals surface area contributed by atoms with Crippen LogP contribution in [0.15, 0.2) is 53.5 Å². The van der Waals surface area contributed by atoms with E-state index in [0.29, 0.717) is 34.7 Å². The average molecular weight is 583 g/mol. The highest BCUT2D eigenvalue weighted by Gasteiger charge is 2.29. The Morgan fingerprint density at radius 2 is 1.88 bits per heavy atom. The number of aliphatic hydroxyl groups is 1. The van der Waals surface area contributed by atoms with Gasteiger partial charge in [-0.15, -0.1) is 0 Å². The number of nitrogens with two attached hydrogens (primary N) is 1. The quantitative estimate of drug-likeness (QED) is 0.412. The van der Waals surface area contributed by atoms with E-state index in [1.54, 1.807) is 18.3 Å². The fourth-order valence-electron chi connectivity index (χ4n) is 5.64. The van der Waals surface area contributed by atoms with Crippen LogP contribution in [-0.2, 0) is 33.7 Å². The van der Waals surface area contributed by atoms with Crippen LogP contribution in [0.1, 0.15) is 58.8 Å². The van der Waals surface area contributed by atoms with Gasteiger partial charge in [-0.3, -0.25) is 14.4 Å². The third kappa shape index (κ3) is 6.59. The number of amides is 1. The molecule has 10 heteroatoms. The predicted octanol–water partition coefficient (Wildman–Crippen LogP) is 4.15. The fourth-order valence-corrected chi connectivity index (χ4v) is 5.81. The topological polar surface area (TPSA) is 121 Å². The standard InChI is InChI=1S/C31H32ClFN2O6/c32-21-6-5-19-11-23(16-36)41-17-20-15-35(30(38)14-26(20)25(19)12-21)28(13-22-3-1-2-8-40-22)29(37)10-18-4-7-24(31(34)39)27(33)9-18/h4-7,9,12,14-15,22-23,28,36H,1-3,8,10-11,13,16-17H2,(H2,34,39)/t22-,23?,28?/m0/s1. The van der Waals surface area contributed by atoms with Gasteiger partial charge < -0.3 is 24.9 Å². The molecule has 0 spiro atoms. The SMILES string of the molecule is NC(=O)c1ccc(CC(=O)C(C[C@@H]2CCCCO2)n2cc3c(cc2=O)-c2cc(Cl)ccc2CC(CO)OC3)cc1F. The van der Waals surface area contributed by atoms with Gasteiger partial charge >= 0.3 is 0 Å². The molecule has 3 heterocycles. The van der Waals surface area contributed by atoms with Crippen molar-refractivity contribution in [1.82, 2.24) is 4.57 Å². The molecule has 0 radical (unpaired) electrons. The molecule has 1 saturated heterocycles. The lowest BCUT2D eigenvalue weighted by Crippen LogP contribution is -2.35. The normalized spacial score (nSPS) is 19.4. The van der Waals surface area contributed by atoms with Crippen LogP contribution in [0.5, 0.6) is 0 Å². The molecule has 3 atom stereocenters. The lowest BCUT2D eigenvalue weighted by molar-refractivity contribution is -0.123. The van der Waals surface area contributed by atoms with E-state index < -0.39 is 23.9 Å². The number of primary amides is 1. The Morgan fingerprint density at radius 3 is 2.59 bits per heavy atom. The number of carbonyl (C=O) groups excluding carboxylic acids is 2. The maximum Gasteiger partial charge on any atom is 0.251 e. The Hall–Kier alpha value is -3.37. The molecule has 0 aliphatic carbocycles. The van der Waals surface area contributed by atoms with Crippen molar-refractivity contribution in [2.24, 2.45) is 5.73 Å². The van der Waals surface area contributed by atoms with Gasteiger partial charge in [-0.2, -0.15) is 0 Å². The molecule has 3 aromatic rings. The van der Waals surface area contributed by atoms with E-state index in [1.807, 2.05) is 6.07 Å². The number of nitrogens with zero attached hydrogens (tertiary/aromatic N) is 1. The van der Waals surface area contributed by atoms with Crippen molar-refractivity contribution in [2.45, 2.75) is 63.4 Å². The van der Waals surface area contributed by atoms with Crippen molar-refractivity contribution in [3.63, 3.8) is 0 Å². The number of ether oxygens (including phenoxy) is 2. The molecule has 216 valence electrons. The molecule has 1 fully saturated rings. The summed E-state index contributed by atoms with van der Waals surface area (Å²) in [5.74, 6) is -1.99. The molecular formula is C31H32ClFN2O6. The van der Waals surface area contributed by atoms with Crippen molar-refractivity contribution in [3.8, 4) is 11.1 Å². The minimum Gasteiger partial charge on any atom is -0.394 e. The summed E-state index contributed by atoms with van der Waals surface area (Å²) < 4.78 is 27.8. The number of fused-ring (bicyclic) bond motifs is 3. The zero-order valence-corrected chi connectivity index (χ0v) is 23.2. The summed E-state index contributed by atoms with van der Waals surface area (Å²) in [6, 6.07) is 9.90. The Labute approximate surface area is 241 Å². The Bertz CT molecular complexity index is 1520. The number of hydrogen-bond acceptors (Lipinski definition) is 6. The first-order valence-electron chi connectivity index (χ1n) is 13.7. The minimum absolute atomic E-state index is 0.118. The molecule has 2 aliphatic heterocycles. The van der Waals surface area contributed by atoms with Crippen molar-refractivity contribution < 1.29 is 28.6 Å².